The van der Waals surface area contributed by atoms with Gasteiger partial charge in [-0.3, -0.25) is 0 Å². The Morgan fingerprint density at radius 1 is 1.33 bits per heavy atom. The van der Waals surface area contributed by atoms with Crippen molar-refractivity contribution >= 4 is 10.0 Å². The molecule has 2 atom stereocenters. The fourth-order valence-corrected chi connectivity index (χ4v) is 4.93. The molecule has 0 amide bonds. The SMILES string of the molecule is CC(CS(=O)(=O)N1CCCC(CCN)C1)c1ccccc1. The van der Waals surface area contributed by atoms with Crippen LogP contribution in [-0.2, 0) is 10.0 Å². The topological polar surface area (TPSA) is 63.4 Å². The van der Waals surface area contributed by atoms with Crippen molar-refractivity contribution in [3.8, 4) is 0 Å². The molecule has 0 spiro atoms. The van der Waals surface area contributed by atoms with E-state index in [0.29, 0.717) is 25.6 Å². The number of nitrogens with zero attached hydrogens (tertiary/aromatic N) is 1. The molecule has 2 rings (SSSR count). The molecule has 1 aromatic rings. The Kier molecular flexibility index (Phi) is 5.79. The molecule has 1 aliphatic rings. The van der Waals surface area contributed by atoms with E-state index in [0.717, 1.165) is 24.8 Å². The molecule has 21 heavy (non-hydrogen) atoms. The minimum absolute atomic E-state index is 0.0195. The molecule has 2 unspecified atom stereocenters. The number of hydrogen-bond acceptors (Lipinski definition) is 3. The first kappa shape index (κ1) is 16.5. The van der Waals surface area contributed by atoms with Crippen molar-refractivity contribution < 1.29 is 8.42 Å². The number of benzene rings is 1. The zero-order chi connectivity index (χ0) is 15.3. The van der Waals surface area contributed by atoms with Gasteiger partial charge >= 0.3 is 0 Å². The van der Waals surface area contributed by atoms with E-state index in [-0.39, 0.29) is 11.7 Å². The van der Waals surface area contributed by atoms with Gasteiger partial charge in [-0.25, -0.2) is 12.7 Å². The largest absolute Gasteiger partial charge is 0.330 e. The van der Waals surface area contributed by atoms with Gasteiger partial charge in [-0.05, 0) is 43.2 Å². The van der Waals surface area contributed by atoms with Crippen molar-refractivity contribution in [3.63, 3.8) is 0 Å². The number of rotatable bonds is 6. The Bertz CT molecular complexity index is 528. The molecule has 118 valence electrons. The monoisotopic (exact) mass is 310 g/mol. The molecule has 0 aromatic heterocycles. The minimum Gasteiger partial charge on any atom is -0.330 e. The average molecular weight is 310 g/mol. The maximum Gasteiger partial charge on any atom is 0.214 e. The summed E-state index contributed by atoms with van der Waals surface area (Å²) in [7, 11) is -3.19. The van der Waals surface area contributed by atoms with E-state index in [2.05, 4.69) is 0 Å². The molecule has 4 nitrogen and oxygen atoms in total. The van der Waals surface area contributed by atoms with Gasteiger partial charge in [-0.15, -0.1) is 0 Å². The average Bonchev–Trinajstić information content (AvgIpc) is 2.48. The summed E-state index contributed by atoms with van der Waals surface area (Å²) >= 11 is 0. The Morgan fingerprint density at radius 2 is 2.05 bits per heavy atom. The third-order valence-corrected chi connectivity index (χ3v) is 6.32. The number of nitrogens with two attached hydrogens (primary N) is 1. The molecule has 1 heterocycles. The summed E-state index contributed by atoms with van der Waals surface area (Å²) in [6, 6.07) is 9.85. The van der Waals surface area contributed by atoms with Crippen LogP contribution in [0, 0.1) is 5.92 Å². The van der Waals surface area contributed by atoms with Crippen LogP contribution in [0.3, 0.4) is 0 Å². The van der Waals surface area contributed by atoms with E-state index in [1.54, 1.807) is 4.31 Å². The van der Waals surface area contributed by atoms with Crippen LogP contribution in [-0.4, -0.2) is 38.1 Å². The summed E-state index contributed by atoms with van der Waals surface area (Å²) in [5, 5.41) is 0. The summed E-state index contributed by atoms with van der Waals surface area (Å²) in [5.74, 6) is 0.628. The lowest BCUT2D eigenvalue weighted by Gasteiger charge is -2.32. The summed E-state index contributed by atoms with van der Waals surface area (Å²) < 4.78 is 26.9. The maximum absolute atomic E-state index is 12.6. The predicted octanol–water partition coefficient (Wildman–Crippen LogP) is 2.18. The van der Waals surface area contributed by atoms with E-state index in [9.17, 15) is 8.42 Å². The molecular weight excluding hydrogens is 284 g/mol. The first-order chi connectivity index (χ1) is 10.0. The lowest BCUT2D eigenvalue weighted by Crippen LogP contribution is -2.42. The molecule has 1 fully saturated rings. The first-order valence-corrected chi connectivity index (χ1v) is 9.36. The molecule has 0 bridgehead atoms. The van der Waals surface area contributed by atoms with Crippen molar-refractivity contribution in [2.45, 2.75) is 32.1 Å². The highest BCUT2D eigenvalue weighted by molar-refractivity contribution is 7.89. The smallest absolute Gasteiger partial charge is 0.214 e. The number of hydrogen-bond donors (Lipinski definition) is 1. The Labute approximate surface area is 128 Å². The third kappa shape index (κ3) is 4.53. The van der Waals surface area contributed by atoms with Crippen molar-refractivity contribution in [2.75, 3.05) is 25.4 Å². The second kappa shape index (κ2) is 7.38. The summed E-state index contributed by atoms with van der Waals surface area (Å²) in [4.78, 5) is 0. The fourth-order valence-electron chi connectivity index (χ4n) is 3.05. The van der Waals surface area contributed by atoms with E-state index in [4.69, 9.17) is 5.73 Å². The standard InChI is InChI=1S/C16H26N2O2S/c1-14(16-7-3-2-4-8-16)13-21(19,20)18-11-5-6-15(12-18)9-10-17/h2-4,7-8,14-15H,5-6,9-13,17H2,1H3. The fraction of sp³-hybridized carbons (Fsp3) is 0.625. The van der Waals surface area contributed by atoms with Crippen LogP contribution in [0.25, 0.3) is 0 Å². The molecule has 0 radical (unpaired) electrons. The quantitative estimate of drug-likeness (QED) is 0.876. The van der Waals surface area contributed by atoms with Crippen molar-refractivity contribution in [2.24, 2.45) is 11.7 Å². The van der Waals surface area contributed by atoms with Crippen molar-refractivity contribution in [1.82, 2.24) is 4.31 Å². The summed E-state index contributed by atoms with van der Waals surface area (Å²) in [5.41, 5.74) is 6.68. The van der Waals surface area contributed by atoms with Gasteiger partial charge in [0.2, 0.25) is 10.0 Å². The Morgan fingerprint density at radius 3 is 2.71 bits per heavy atom. The molecule has 2 N–H and O–H groups in total. The maximum atomic E-state index is 12.6. The second-order valence-corrected chi connectivity index (χ2v) is 8.05. The number of sulfonamides is 1. The van der Waals surface area contributed by atoms with E-state index >= 15 is 0 Å². The molecule has 0 saturated carbocycles. The van der Waals surface area contributed by atoms with Crippen LogP contribution in [0.1, 0.15) is 37.7 Å². The third-order valence-electron chi connectivity index (χ3n) is 4.28. The molecule has 0 aliphatic carbocycles. The van der Waals surface area contributed by atoms with Crippen LogP contribution in [0.5, 0.6) is 0 Å². The van der Waals surface area contributed by atoms with E-state index < -0.39 is 10.0 Å². The van der Waals surface area contributed by atoms with E-state index in [1.807, 2.05) is 37.3 Å². The van der Waals surface area contributed by atoms with Gasteiger partial charge in [0.25, 0.3) is 0 Å². The van der Waals surface area contributed by atoms with Gasteiger partial charge in [0.15, 0.2) is 0 Å². The van der Waals surface area contributed by atoms with Gasteiger partial charge in [0, 0.05) is 13.1 Å². The Hall–Kier alpha value is -0.910. The van der Waals surface area contributed by atoms with Crippen LogP contribution in [0.2, 0.25) is 0 Å². The molecule has 1 aliphatic heterocycles. The molecular formula is C16H26N2O2S. The normalized spacial score (nSPS) is 22.1. The zero-order valence-corrected chi connectivity index (χ0v) is 13.6. The highest BCUT2D eigenvalue weighted by Gasteiger charge is 2.29. The lowest BCUT2D eigenvalue weighted by molar-refractivity contribution is 0.258. The van der Waals surface area contributed by atoms with Crippen LogP contribution in [0.4, 0.5) is 0 Å². The first-order valence-electron chi connectivity index (χ1n) is 7.75. The van der Waals surface area contributed by atoms with E-state index in [1.165, 1.54) is 0 Å². The highest BCUT2D eigenvalue weighted by Crippen LogP contribution is 2.24. The second-order valence-electron chi connectivity index (χ2n) is 6.03. The summed E-state index contributed by atoms with van der Waals surface area (Å²) in [6.07, 6.45) is 2.96. The highest BCUT2D eigenvalue weighted by atomic mass is 32.2. The molecule has 1 saturated heterocycles. The van der Waals surface area contributed by atoms with Crippen LogP contribution < -0.4 is 5.73 Å². The van der Waals surface area contributed by atoms with Gasteiger partial charge in [-0.2, -0.15) is 0 Å². The minimum atomic E-state index is -3.19. The van der Waals surface area contributed by atoms with Gasteiger partial charge < -0.3 is 5.73 Å². The van der Waals surface area contributed by atoms with Crippen LogP contribution >= 0.6 is 0 Å². The van der Waals surface area contributed by atoms with Crippen molar-refractivity contribution in [3.05, 3.63) is 35.9 Å². The lowest BCUT2D eigenvalue weighted by atomic mass is 9.96. The van der Waals surface area contributed by atoms with Gasteiger partial charge in [0.1, 0.15) is 0 Å². The number of piperidine rings is 1. The van der Waals surface area contributed by atoms with Crippen LogP contribution in [0.15, 0.2) is 30.3 Å². The zero-order valence-electron chi connectivity index (χ0n) is 12.7. The van der Waals surface area contributed by atoms with Crippen molar-refractivity contribution in [1.29, 1.82) is 0 Å². The Balaban J connectivity index is 2.01. The molecule has 1 aromatic carbocycles. The molecule has 5 heteroatoms. The predicted molar refractivity (Wildman–Crippen MR) is 86.6 cm³/mol. The van der Waals surface area contributed by atoms with Gasteiger partial charge in [-0.1, -0.05) is 37.3 Å². The van der Waals surface area contributed by atoms with Gasteiger partial charge in [0.05, 0.1) is 5.75 Å². The summed E-state index contributed by atoms with van der Waals surface area (Å²) in [6.45, 7) is 3.92.